The van der Waals surface area contributed by atoms with Crippen molar-refractivity contribution < 1.29 is 9.84 Å². The minimum atomic E-state index is -0.498. The first kappa shape index (κ1) is 15.3. The molecule has 20 heavy (non-hydrogen) atoms. The molecule has 4 nitrogen and oxygen atoms in total. The lowest BCUT2D eigenvalue weighted by Crippen LogP contribution is -2.31. The van der Waals surface area contributed by atoms with Crippen molar-refractivity contribution in [3.8, 4) is 5.75 Å². The molecule has 4 heteroatoms. The van der Waals surface area contributed by atoms with Crippen molar-refractivity contribution in [3.05, 3.63) is 29.8 Å². The Morgan fingerprint density at radius 3 is 2.90 bits per heavy atom. The number of benzene rings is 1. The van der Waals surface area contributed by atoms with Gasteiger partial charge in [0.05, 0.1) is 5.60 Å². The molecule has 112 valence electrons. The number of hydrogen-bond acceptors (Lipinski definition) is 4. The molecule has 1 aliphatic heterocycles. The Morgan fingerprint density at radius 1 is 1.30 bits per heavy atom. The van der Waals surface area contributed by atoms with Crippen LogP contribution in [-0.4, -0.2) is 41.8 Å². The number of aliphatic hydroxyl groups is 1. The van der Waals surface area contributed by atoms with Crippen molar-refractivity contribution in [2.45, 2.75) is 38.3 Å². The largest absolute Gasteiger partial charge is 0.492 e. The number of nitrogens with zero attached hydrogens (tertiary/aromatic N) is 1. The highest BCUT2D eigenvalue weighted by molar-refractivity contribution is 5.32. The third kappa shape index (κ3) is 4.47. The van der Waals surface area contributed by atoms with Crippen LogP contribution in [0.4, 0.5) is 0 Å². The Morgan fingerprint density at radius 2 is 2.10 bits per heavy atom. The molecule has 1 fully saturated rings. The van der Waals surface area contributed by atoms with E-state index in [4.69, 9.17) is 10.5 Å². The van der Waals surface area contributed by atoms with E-state index >= 15 is 0 Å². The fourth-order valence-corrected chi connectivity index (χ4v) is 2.64. The van der Waals surface area contributed by atoms with Crippen LogP contribution in [0.2, 0.25) is 0 Å². The first-order valence-electron chi connectivity index (χ1n) is 7.46. The summed E-state index contributed by atoms with van der Waals surface area (Å²) >= 11 is 0. The third-order valence-corrected chi connectivity index (χ3v) is 4.01. The summed E-state index contributed by atoms with van der Waals surface area (Å²) in [7, 11) is 0. The Labute approximate surface area is 121 Å². The minimum absolute atomic E-state index is 0.498. The molecule has 0 saturated carbocycles. The molecule has 1 atom stereocenters. The average molecular weight is 278 g/mol. The van der Waals surface area contributed by atoms with E-state index in [-0.39, 0.29) is 0 Å². The zero-order valence-electron chi connectivity index (χ0n) is 12.3. The number of para-hydroxylation sites is 1. The van der Waals surface area contributed by atoms with Gasteiger partial charge < -0.3 is 15.6 Å². The lowest BCUT2D eigenvalue weighted by atomic mass is 9.98. The van der Waals surface area contributed by atoms with Crippen molar-refractivity contribution in [1.29, 1.82) is 0 Å². The predicted molar refractivity (Wildman–Crippen MR) is 80.7 cm³/mol. The molecule has 0 spiro atoms. The molecule has 3 N–H and O–H groups in total. The zero-order chi connectivity index (χ0) is 14.4. The second kappa shape index (κ2) is 7.07. The topological polar surface area (TPSA) is 58.7 Å². The molecule has 1 unspecified atom stereocenters. The highest BCUT2D eigenvalue weighted by Gasteiger charge is 2.24. The quantitative estimate of drug-likeness (QED) is 0.861. The van der Waals surface area contributed by atoms with Gasteiger partial charge in [-0.1, -0.05) is 18.2 Å². The summed E-state index contributed by atoms with van der Waals surface area (Å²) in [6, 6.07) is 7.91. The zero-order valence-corrected chi connectivity index (χ0v) is 12.3. The third-order valence-electron chi connectivity index (χ3n) is 4.01. The van der Waals surface area contributed by atoms with E-state index in [1.165, 1.54) is 0 Å². The lowest BCUT2D eigenvalue weighted by molar-refractivity contribution is 0.0442. The van der Waals surface area contributed by atoms with Crippen LogP contribution in [0.1, 0.15) is 31.7 Å². The first-order chi connectivity index (χ1) is 9.61. The molecule has 0 radical (unpaired) electrons. The molecular weight excluding hydrogens is 252 g/mol. The summed E-state index contributed by atoms with van der Waals surface area (Å²) < 4.78 is 5.84. The molecule has 2 rings (SSSR count). The number of hydrogen-bond donors (Lipinski definition) is 2. The fourth-order valence-electron chi connectivity index (χ4n) is 2.64. The van der Waals surface area contributed by atoms with Crippen LogP contribution < -0.4 is 10.5 Å². The molecule has 1 aromatic carbocycles. The molecule has 1 heterocycles. The maximum Gasteiger partial charge on any atom is 0.123 e. The van der Waals surface area contributed by atoms with Crippen LogP contribution >= 0.6 is 0 Å². The second-order valence-electron chi connectivity index (χ2n) is 5.85. The summed E-state index contributed by atoms with van der Waals surface area (Å²) in [5.41, 5.74) is 6.25. The van der Waals surface area contributed by atoms with E-state index in [2.05, 4.69) is 4.90 Å². The van der Waals surface area contributed by atoms with E-state index in [0.29, 0.717) is 13.2 Å². The summed E-state index contributed by atoms with van der Waals surface area (Å²) in [4.78, 5) is 2.37. The normalized spacial score (nSPS) is 24.4. The van der Waals surface area contributed by atoms with E-state index in [1.807, 2.05) is 31.2 Å². The van der Waals surface area contributed by atoms with Gasteiger partial charge in [-0.25, -0.2) is 0 Å². The molecule has 0 aliphatic carbocycles. The molecule has 0 amide bonds. The van der Waals surface area contributed by atoms with E-state index in [9.17, 15) is 5.11 Å². The smallest absolute Gasteiger partial charge is 0.123 e. The summed E-state index contributed by atoms with van der Waals surface area (Å²) in [5, 5.41) is 10.1. The summed E-state index contributed by atoms with van der Waals surface area (Å²) in [5.74, 6) is 0.886. The molecule has 1 aliphatic rings. The molecule has 0 aromatic heterocycles. The Kier molecular flexibility index (Phi) is 5.40. The second-order valence-corrected chi connectivity index (χ2v) is 5.85. The van der Waals surface area contributed by atoms with E-state index in [0.717, 1.165) is 50.2 Å². The number of ether oxygens (including phenoxy) is 1. The van der Waals surface area contributed by atoms with Gasteiger partial charge in [0.25, 0.3) is 0 Å². The average Bonchev–Trinajstić information content (AvgIpc) is 2.61. The van der Waals surface area contributed by atoms with Crippen LogP contribution in [0.25, 0.3) is 0 Å². The van der Waals surface area contributed by atoms with Gasteiger partial charge in [-0.15, -0.1) is 0 Å². The Hall–Kier alpha value is -1.10. The van der Waals surface area contributed by atoms with Gasteiger partial charge in [0.2, 0.25) is 0 Å². The number of likely N-dealkylation sites (tertiary alicyclic amines) is 1. The maximum atomic E-state index is 10.1. The maximum absolute atomic E-state index is 10.1. The Balaban J connectivity index is 1.78. The Bertz CT molecular complexity index is 421. The van der Waals surface area contributed by atoms with Crippen LogP contribution in [-0.2, 0) is 6.54 Å². The predicted octanol–water partition coefficient (Wildman–Crippen LogP) is 1.76. The van der Waals surface area contributed by atoms with Gasteiger partial charge in [-0.3, -0.25) is 4.90 Å². The fraction of sp³-hybridized carbons (Fsp3) is 0.625. The van der Waals surface area contributed by atoms with Crippen LogP contribution in [0.3, 0.4) is 0 Å². The van der Waals surface area contributed by atoms with Gasteiger partial charge in [0, 0.05) is 25.2 Å². The van der Waals surface area contributed by atoms with Crippen molar-refractivity contribution in [3.63, 3.8) is 0 Å². The molecular formula is C16H26N2O2. The van der Waals surface area contributed by atoms with Gasteiger partial charge in [-0.05, 0) is 38.8 Å². The number of nitrogens with two attached hydrogens (primary N) is 1. The number of rotatable bonds is 5. The highest BCUT2D eigenvalue weighted by atomic mass is 16.5. The van der Waals surface area contributed by atoms with Gasteiger partial charge in [-0.2, -0.15) is 0 Å². The standard InChI is InChI=1S/C16H26N2O2/c1-16(19)7-4-9-18(10-8-16)11-12-20-15-6-3-2-5-14(15)13-17/h2-3,5-6,19H,4,7-13,17H2,1H3. The molecule has 1 aromatic rings. The lowest BCUT2D eigenvalue weighted by Gasteiger charge is -2.22. The minimum Gasteiger partial charge on any atom is -0.492 e. The summed E-state index contributed by atoms with van der Waals surface area (Å²) in [6.07, 6.45) is 2.78. The van der Waals surface area contributed by atoms with Crippen LogP contribution in [0.5, 0.6) is 5.75 Å². The van der Waals surface area contributed by atoms with Gasteiger partial charge >= 0.3 is 0 Å². The van der Waals surface area contributed by atoms with Crippen molar-refractivity contribution in [2.24, 2.45) is 5.73 Å². The van der Waals surface area contributed by atoms with E-state index in [1.54, 1.807) is 0 Å². The SMILES string of the molecule is CC1(O)CCCN(CCOc2ccccc2CN)CC1. The van der Waals surface area contributed by atoms with Gasteiger partial charge in [0.15, 0.2) is 0 Å². The van der Waals surface area contributed by atoms with Crippen LogP contribution in [0.15, 0.2) is 24.3 Å². The van der Waals surface area contributed by atoms with Crippen molar-refractivity contribution in [1.82, 2.24) is 4.90 Å². The van der Waals surface area contributed by atoms with Gasteiger partial charge in [0.1, 0.15) is 12.4 Å². The molecule has 0 bridgehead atoms. The van der Waals surface area contributed by atoms with Crippen molar-refractivity contribution >= 4 is 0 Å². The highest BCUT2D eigenvalue weighted by Crippen LogP contribution is 2.21. The van der Waals surface area contributed by atoms with Crippen LogP contribution in [0, 0.1) is 0 Å². The monoisotopic (exact) mass is 278 g/mol. The summed E-state index contributed by atoms with van der Waals surface area (Å²) in [6.45, 7) is 5.98. The first-order valence-corrected chi connectivity index (χ1v) is 7.46. The van der Waals surface area contributed by atoms with Crippen molar-refractivity contribution in [2.75, 3.05) is 26.2 Å². The van der Waals surface area contributed by atoms with E-state index < -0.39 is 5.60 Å². The molecule has 1 saturated heterocycles.